The number of ketones is 1. The van der Waals surface area contributed by atoms with Gasteiger partial charge in [0, 0.05) is 34.4 Å². The highest BCUT2D eigenvalue weighted by Gasteiger charge is 2.35. The SMILES string of the molecule is Cc1ccc(N2CCC(NC(=O)C(=O)c3c[nH]c4ccc(O)cc34)C2=O)cc1Cl. The average Bonchev–Trinajstić information content (AvgIpc) is 3.27. The summed E-state index contributed by atoms with van der Waals surface area (Å²) in [5.74, 6) is -1.93. The summed E-state index contributed by atoms with van der Waals surface area (Å²) in [6.07, 6.45) is 1.81. The number of Topliss-reactive ketones (excluding diaryl/α,β-unsaturated/α-hetero) is 1. The maximum atomic E-state index is 12.7. The van der Waals surface area contributed by atoms with E-state index in [9.17, 15) is 19.5 Å². The Balaban J connectivity index is 1.49. The van der Waals surface area contributed by atoms with Crippen LogP contribution in [-0.2, 0) is 9.59 Å². The minimum atomic E-state index is -0.864. The first-order valence-corrected chi connectivity index (χ1v) is 9.46. The lowest BCUT2D eigenvalue weighted by molar-refractivity contribution is -0.124. The molecule has 7 nitrogen and oxygen atoms in total. The van der Waals surface area contributed by atoms with Crippen molar-refractivity contribution in [1.29, 1.82) is 0 Å². The van der Waals surface area contributed by atoms with Gasteiger partial charge in [0.15, 0.2) is 0 Å². The van der Waals surface area contributed by atoms with Crippen molar-refractivity contribution in [2.75, 3.05) is 11.4 Å². The number of aromatic nitrogens is 1. The quantitative estimate of drug-likeness (QED) is 0.453. The molecule has 1 aromatic heterocycles. The number of aryl methyl sites for hydroxylation is 1. The van der Waals surface area contributed by atoms with E-state index in [1.54, 1.807) is 23.1 Å². The molecule has 0 radical (unpaired) electrons. The Morgan fingerprint density at radius 3 is 2.79 bits per heavy atom. The number of phenolic OH excluding ortho intramolecular Hbond substituents is 1. The van der Waals surface area contributed by atoms with Crippen LogP contribution < -0.4 is 10.2 Å². The predicted molar refractivity (Wildman–Crippen MR) is 109 cm³/mol. The van der Waals surface area contributed by atoms with Crippen molar-refractivity contribution in [3.63, 3.8) is 0 Å². The number of halogens is 1. The molecule has 4 rings (SSSR count). The highest BCUT2D eigenvalue weighted by molar-refractivity contribution is 6.45. The van der Waals surface area contributed by atoms with Crippen LogP contribution in [0.4, 0.5) is 5.69 Å². The summed E-state index contributed by atoms with van der Waals surface area (Å²) in [7, 11) is 0. The standard InChI is InChI=1S/C21H18ClN3O4/c1-11-2-3-12(8-16(11)22)25-7-6-18(21(25)29)24-20(28)19(27)15-10-23-17-5-4-13(26)9-14(15)17/h2-5,8-10,18,23,26H,6-7H2,1H3,(H,24,28). The number of phenols is 1. The second-order valence-corrected chi connectivity index (χ2v) is 7.41. The lowest BCUT2D eigenvalue weighted by Crippen LogP contribution is -2.44. The molecule has 3 aromatic rings. The first-order chi connectivity index (χ1) is 13.8. The molecular weight excluding hydrogens is 394 g/mol. The fraction of sp³-hybridized carbons (Fsp3) is 0.190. The van der Waals surface area contributed by atoms with E-state index >= 15 is 0 Å². The fourth-order valence-electron chi connectivity index (χ4n) is 3.46. The van der Waals surface area contributed by atoms with Crippen LogP contribution in [0.2, 0.25) is 5.02 Å². The third-order valence-corrected chi connectivity index (χ3v) is 5.50. The van der Waals surface area contributed by atoms with Crippen molar-refractivity contribution in [2.45, 2.75) is 19.4 Å². The number of aromatic amines is 1. The Morgan fingerprint density at radius 2 is 2.03 bits per heavy atom. The van der Waals surface area contributed by atoms with E-state index in [1.807, 2.05) is 13.0 Å². The molecule has 0 spiro atoms. The predicted octanol–water partition coefficient (Wildman–Crippen LogP) is 2.94. The number of aromatic hydroxyl groups is 1. The van der Waals surface area contributed by atoms with Crippen LogP contribution in [0.25, 0.3) is 10.9 Å². The number of benzene rings is 2. The van der Waals surface area contributed by atoms with Crippen LogP contribution in [0.1, 0.15) is 22.3 Å². The molecule has 1 unspecified atom stereocenters. The third-order valence-electron chi connectivity index (χ3n) is 5.09. The number of H-pyrrole nitrogens is 1. The Morgan fingerprint density at radius 1 is 1.24 bits per heavy atom. The molecule has 2 aromatic carbocycles. The van der Waals surface area contributed by atoms with Crippen LogP contribution in [-0.4, -0.2) is 40.3 Å². The van der Waals surface area contributed by atoms with Crippen molar-refractivity contribution in [3.8, 4) is 5.75 Å². The van der Waals surface area contributed by atoms with Gasteiger partial charge >= 0.3 is 0 Å². The van der Waals surface area contributed by atoms with Gasteiger partial charge in [-0.1, -0.05) is 17.7 Å². The molecule has 29 heavy (non-hydrogen) atoms. The number of nitrogens with one attached hydrogen (secondary N) is 2. The van der Waals surface area contributed by atoms with Crippen LogP contribution in [0.15, 0.2) is 42.6 Å². The van der Waals surface area contributed by atoms with Crippen molar-refractivity contribution in [2.24, 2.45) is 0 Å². The van der Waals surface area contributed by atoms with Crippen molar-refractivity contribution in [1.82, 2.24) is 10.3 Å². The van der Waals surface area contributed by atoms with Crippen molar-refractivity contribution in [3.05, 3.63) is 58.7 Å². The fourth-order valence-corrected chi connectivity index (χ4v) is 3.64. The monoisotopic (exact) mass is 411 g/mol. The van der Waals surface area contributed by atoms with Gasteiger partial charge in [0.2, 0.25) is 5.91 Å². The first kappa shape index (κ1) is 19.0. The molecule has 1 atom stereocenters. The number of hydrogen-bond donors (Lipinski definition) is 3. The van der Waals surface area contributed by atoms with E-state index in [0.717, 1.165) is 5.56 Å². The summed E-state index contributed by atoms with van der Waals surface area (Å²) >= 11 is 6.14. The topological polar surface area (TPSA) is 102 Å². The molecule has 2 amide bonds. The number of amides is 2. The Labute approximate surface area is 171 Å². The first-order valence-electron chi connectivity index (χ1n) is 9.08. The summed E-state index contributed by atoms with van der Waals surface area (Å²) in [6, 6.07) is 9.06. The van der Waals surface area contributed by atoms with Crippen LogP contribution in [0.5, 0.6) is 5.75 Å². The number of carbonyl (C=O) groups is 3. The zero-order valence-electron chi connectivity index (χ0n) is 15.5. The highest BCUT2D eigenvalue weighted by atomic mass is 35.5. The third kappa shape index (κ3) is 3.45. The van der Waals surface area contributed by atoms with Gasteiger partial charge in [-0.15, -0.1) is 0 Å². The van der Waals surface area contributed by atoms with E-state index in [2.05, 4.69) is 10.3 Å². The number of rotatable bonds is 4. The summed E-state index contributed by atoms with van der Waals surface area (Å²) in [5, 5.41) is 13.2. The molecule has 1 aliphatic rings. The minimum absolute atomic E-state index is 0.00932. The second-order valence-electron chi connectivity index (χ2n) is 7.00. The molecular formula is C21H18ClN3O4. The minimum Gasteiger partial charge on any atom is -0.508 e. The van der Waals surface area contributed by atoms with E-state index in [-0.39, 0.29) is 17.2 Å². The van der Waals surface area contributed by atoms with Crippen LogP contribution in [0, 0.1) is 6.92 Å². The molecule has 1 aliphatic heterocycles. The largest absolute Gasteiger partial charge is 0.508 e. The molecule has 3 N–H and O–H groups in total. The van der Waals surface area contributed by atoms with E-state index in [4.69, 9.17) is 11.6 Å². The Bertz CT molecular complexity index is 1150. The van der Waals surface area contributed by atoms with E-state index < -0.39 is 17.7 Å². The maximum Gasteiger partial charge on any atom is 0.293 e. The van der Waals surface area contributed by atoms with E-state index in [1.165, 1.54) is 18.3 Å². The van der Waals surface area contributed by atoms with Gasteiger partial charge in [0.05, 0.1) is 5.56 Å². The number of anilines is 1. The zero-order valence-corrected chi connectivity index (χ0v) is 16.3. The van der Waals surface area contributed by atoms with Gasteiger partial charge in [-0.05, 0) is 49.2 Å². The zero-order chi connectivity index (χ0) is 20.7. The van der Waals surface area contributed by atoms with Crippen LogP contribution in [0.3, 0.4) is 0 Å². The average molecular weight is 412 g/mol. The smallest absolute Gasteiger partial charge is 0.293 e. The van der Waals surface area contributed by atoms with Gasteiger partial charge in [-0.2, -0.15) is 0 Å². The molecule has 148 valence electrons. The molecule has 8 heteroatoms. The van der Waals surface area contributed by atoms with E-state index in [0.29, 0.717) is 34.6 Å². The van der Waals surface area contributed by atoms with Gasteiger partial charge in [-0.25, -0.2) is 0 Å². The Kier molecular flexibility index (Phi) is 4.76. The number of hydrogen-bond acceptors (Lipinski definition) is 4. The molecule has 1 saturated heterocycles. The lowest BCUT2D eigenvalue weighted by Gasteiger charge is -2.18. The number of nitrogens with zero attached hydrogens (tertiary/aromatic N) is 1. The Hall–Kier alpha value is -3.32. The maximum absolute atomic E-state index is 12.7. The summed E-state index contributed by atoms with van der Waals surface area (Å²) < 4.78 is 0. The molecule has 1 fully saturated rings. The van der Waals surface area contributed by atoms with Gasteiger partial charge in [0.1, 0.15) is 11.8 Å². The normalized spacial score (nSPS) is 16.4. The summed E-state index contributed by atoms with van der Waals surface area (Å²) in [4.78, 5) is 42.2. The van der Waals surface area contributed by atoms with Crippen LogP contribution >= 0.6 is 11.6 Å². The summed E-state index contributed by atoms with van der Waals surface area (Å²) in [5.41, 5.74) is 2.32. The molecule has 2 heterocycles. The van der Waals surface area contributed by atoms with Crippen molar-refractivity contribution < 1.29 is 19.5 Å². The van der Waals surface area contributed by atoms with Gasteiger partial charge in [0.25, 0.3) is 11.7 Å². The number of fused-ring (bicyclic) bond motifs is 1. The van der Waals surface area contributed by atoms with Gasteiger partial charge in [-0.3, -0.25) is 14.4 Å². The second kappa shape index (κ2) is 7.25. The molecule has 0 aliphatic carbocycles. The highest BCUT2D eigenvalue weighted by Crippen LogP contribution is 2.27. The molecule has 0 bridgehead atoms. The molecule has 0 saturated carbocycles. The van der Waals surface area contributed by atoms with Gasteiger partial charge < -0.3 is 20.3 Å². The van der Waals surface area contributed by atoms with Crippen molar-refractivity contribution >= 4 is 45.8 Å². The lowest BCUT2D eigenvalue weighted by atomic mass is 10.1. The number of carbonyl (C=O) groups excluding carboxylic acids is 3. The summed E-state index contributed by atoms with van der Waals surface area (Å²) in [6.45, 7) is 2.29.